The van der Waals surface area contributed by atoms with Gasteiger partial charge in [-0.1, -0.05) is 18.6 Å². The fourth-order valence-electron chi connectivity index (χ4n) is 2.46. The number of benzene rings is 1. The first-order chi connectivity index (χ1) is 8.74. The van der Waals surface area contributed by atoms with E-state index in [1.807, 2.05) is 18.2 Å². The highest BCUT2D eigenvalue weighted by Crippen LogP contribution is 2.31. The van der Waals surface area contributed by atoms with Crippen LogP contribution >= 0.6 is 0 Å². The van der Waals surface area contributed by atoms with Crippen molar-refractivity contribution in [2.45, 2.75) is 31.8 Å². The Morgan fingerprint density at radius 2 is 2.17 bits per heavy atom. The van der Waals surface area contributed by atoms with Crippen LogP contribution < -0.4 is 0 Å². The van der Waals surface area contributed by atoms with Crippen molar-refractivity contribution in [2.24, 2.45) is 0 Å². The molecule has 0 saturated carbocycles. The third-order valence-corrected chi connectivity index (χ3v) is 3.40. The highest BCUT2D eigenvalue weighted by molar-refractivity contribution is 5.82. The van der Waals surface area contributed by atoms with Crippen molar-refractivity contribution in [3.63, 3.8) is 0 Å². The van der Waals surface area contributed by atoms with E-state index < -0.39 is 6.10 Å². The first-order valence-corrected chi connectivity index (χ1v) is 6.31. The van der Waals surface area contributed by atoms with Gasteiger partial charge in [-0.3, -0.25) is 0 Å². The van der Waals surface area contributed by atoms with Gasteiger partial charge in [-0.2, -0.15) is 0 Å². The molecule has 0 bridgehead atoms. The van der Waals surface area contributed by atoms with Gasteiger partial charge in [-0.15, -0.1) is 0 Å². The summed E-state index contributed by atoms with van der Waals surface area (Å²) in [6.07, 6.45) is 5.12. The number of fused-ring (bicyclic) bond motifs is 1. The van der Waals surface area contributed by atoms with Gasteiger partial charge >= 0.3 is 0 Å². The average Bonchev–Trinajstić information content (AvgIpc) is 2.67. The molecule has 1 heterocycles. The molecule has 0 amide bonds. The summed E-state index contributed by atoms with van der Waals surface area (Å²) in [5.74, 6) is 0.338. The molecule has 0 fully saturated rings. The first kappa shape index (κ1) is 11.5. The molecule has 0 saturated heterocycles. The number of furan rings is 1. The monoisotopic (exact) mass is 246 g/mol. The molecular weight excluding hydrogens is 231 g/mol. The molecule has 18 heavy (non-hydrogen) atoms. The molecule has 94 valence electrons. The molecular formula is C15H15FO2. The topological polar surface area (TPSA) is 33.4 Å². The van der Waals surface area contributed by atoms with Crippen molar-refractivity contribution in [2.75, 3.05) is 0 Å². The molecule has 1 aromatic carbocycles. The van der Waals surface area contributed by atoms with Crippen LogP contribution in [0, 0.1) is 5.82 Å². The molecule has 2 aromatic rings. The number of aliphatic hydroxyl groups is 1. The summed E-state index contributed by atoms with van der Waals surface area (Å²) in [7, 11) is 0. The smallest absolute Gasteiger partial charge is 0.170 e. The van der Waals surface area contributed by atoms with Crippen LogP contribution in [-0.2, 0) is 0 Å². The predicted octanol–water partition coefficient (Wildman–Crippen LogP) is 3.89. The van der Waals surface area contributed by atoms with Crippen molar-refractivity contribution in [3.8, 4) is 0 Å². The molecule has 1 aliphatic rings. The molecule has 1 aliphatic carbocycles. The lowest BCUT2D eigenvalue weighted by Gasteiger charge is -2.02. The van der Waals surface area contributed by atoms with Crippen LogP contribution in [0.2, 0.25) is 0 Å². The molecule has 1 atom stereocenters. The second-order valence-corrected chi connectivity index (χ2v) is 4.77. The molecule has 3 rings (SSSR count). The fraction of sp³-hybridized carbons (Fsp3) is 0.333. The van der Waals surface area contributed by atoms with Gasteiger partial charge in [0, 0.05) is 5.39 Å². The molecule has 0 radical (unpaired) electrons. The zero-order valence-corrected chi connectivity index (χ0v) is 10.0. The average molecular weight is 246 g/mol. The van der Waals surface area contributed by atoms with Gasteiger partial charge in [-0.05, 0) is 43.0 Å². The van der Waals surface area contributed by atoms with Gasteiger partial charge < -0.3 is 9.52 Å². The molecule has 3 heteroatoms. The Hall–Kier alpha value is -1.61. The van der Waals surface area contributed by atoms with E-state index in [4.69, 9.17) is 4.42 Å². The Labute approximate surface area is 105 Å². The van der Waals surface area contributed by atoms with Crippen LogP contribution in [0.5, 0.6) is 0 Å². The molecule has 0 spiro atoms. The molecule has 1 aromatic heterocycles. The number of rotatable bonds is 1. The summed E-state index contributed by atoms with van der Waals surface area (Å²) in [5.41, 5.74) is 1.28. The van der Waals surface area contributed by atoms with Crippen LogP contribution in [0.3, 0.4) is 0 Å². The lowest BCUT2D eigenvalue weighted by atomic mass is 10.1. The van der Waals surface area contributed by atoms with Gasteiger partial charge in [0.05, 0.1) is 6.10 Å². The number of halogens is 1. The van der Waals surface area contributed by atoms with Crippen LogP contribution in [0.4, 0.5) is 4.39 Å². The number of allylic oxidation sites excluding steroid dienone is 1. The van der Waals surface area contributed by atoms with Gasteiger partial charge in [0.2, 0.25) is 0 Å². The summed E-state index contributed by atoms with van der Waals surface area (Å²) in [4.78, 5) is 0. The Morgan fingerprint density at radius 3 is 3.00 bits per heavy atom. The van der Waals surface area contributed by atoms with Crippen LogP contribution in [0.15, 0.2) is 34.8 Å². The normalized spacial score (nSPS) is 20.8. The predicted molar refractivity (Wildman–Crippen MR) is 68.6 cm³/mol. The number of para-hydroxylation sites is 1. The summed E-state index contributed by atoms with van der Waals surface area (Å²) in [6.45, 7) is 0. The highest BCUT2D eigenvalue weighted by Gasteiger charge is 2.15. The zero-order valence-electron chi connectivity index (χ0n) is 10.0. The fourth-order valence-corrected chi connectivity index (χ4v) is 2.46. The van der Waals surface area contributed by atoms with E-state index in [-0.39, 0.29) is 5.82 Å². The Kier molecular flexibility index (Phi) is 2.92. The lowest BCUT2D eigenvalue weighted by Crippen LogP contribution is -1.99. The van der Waals surface area contributed by atoms with Crippen LogP contribution in [0.1, 0.15) is 31.4 Å². The largest absolute Gasteiger partial charge is 0.453 e. The minimum atomic E-state index is -0.416. The summed E-state index contributed by atoms with van der Waals surface area (Å²) in [5, 5.41) is 10.5. The standard InChI is InChI=1S/C15H15FO2/c16-13-7-3-5-11-9-14(18-15(11)13)10-4-1-2-6-12(17)8-10/h3,5,7-9,12,17H,1-2,4,6H2. The SMILES string of the molecule is OC1C=C(c2cc3cccc(F)c3o2)CCCC1. The third-order valence-electron chi connectivity index (χ3n) is 3.40. The van der Waals surface area contributed by atoms with Crippen molar-refractivity contribution < 1.29 is 13.9 Å². The van der Waals surface area contributed by atoms with E-state index >= 15 is 0 Å². The summed E-state index contributed by atoms with van der Waals surface area (Å²) in [6, 6.07) is 6.75. The van der Waals surface area contributed by atoms with Crippen molar-refractivity contribution >= 4 is 16.5 Å². The van der Waals surface area contributed by atoms with E-state index in [0.717, 1.165) is 36.6 Å². The summed E-state index contributed by atoms with van der Waals surface area (Å²) >= 11 is 0. The first-order valence-electron chi connectivity index (χ1n) is 6.31. The van der Waals surface area contributed by atoms with E-state index in [2.05, 4.69) is 0 Å². The Balaban J connectivity index is 2.06. The molecule has 1 N–H and O–H groups in total. The van der Waals surface area contributed by atoms with Gasteiger partial charge in [0.25, 0.3) is 0 Å². The molecule has 0 aliphatic heterocycles. The minimum Gasteiger partial charge on any atom is -0.453 e. The number of aliphatic hydroxyl groups excluding tert-OH is 1. The second-order valence-electron chi connectivity index (χ2n) is 4.77. The lowest BCUT2D eigenvalue weighted by molar-refractivity contribution is 0.211. The number of hydrogen-bond donors (Lipinski definition) is 1. The second kappa shape index (κ2) is 4.58. The van der Waals surface area contributed by atoms with E-state index in [1.165, 1.54) is 6.07 Å². The maximum Gasteiger partial charge on any atom is 0.170 e. The summed E-state index contributed by atoms with van der Waals surface area (Å²) < 4.78 is 19.1. The molecule has 1 unspecified atom stereocenters. The van der Waals surface area contributed by atoms with Crippen LogP contribution in [0.25, 0.3) is 16.5 Å². The third kappa shape index (κ3) is 2.06. The maximum atomic E-state index is 13.6. The van der Waals surface area contributed by atoms with Gasteiger partial charge in [0.1, 0.15) is 5.76 Å². The van der Waals surface area contributed by atoms with Gasteiger partial charge in [-0.25, -0.2) is 4.39 Å². The Morgan fingerprint density at radius 1 is 1.28 bits per heavy atom. The molecule has 2 nitrogen and oxygen atoms in total. The minimum absolute atomic E-state index is 0.298. The van der Waals surface area contributed by atoms with Crippen molar-refractivity contribution in [1.29, 1.82) is 0 Å². The van der Waals surface area contributed by atoms with E-state index in [9.17, 15) is 9.50 Å². The van der Waals surface area contributed by atoms with Crippen LogP contribution in [-0.4, -0.2) is 11.2 Å². The van der Waals surface area contributed by atoms with E-state index in [0.29, 0.717) is 11.3 Å². The maximum absolute atomic E-state index is 13.6. The Bertz CT molecular complexity index is 598. The number of hydrogen-bond acceptors (Lipinski definition) is 2. The van der Waals surface area contributed by atoms with Crippen molar-refractivity contribution in [3.05, 3.63) is 41.9 Å². The van der Waals surface area contributed by atoms with Gasteiger partial charge in [0.15, 0.2) is 11.4 Å². The highest BCUT2D eigenvalue weighted by atomic mass is 19.1. The van der Waals surface area contributed by atoms with E-state index in [1.54, 1.807) is 6.07 Å². The zero-order chi connectivity index (χ0) is 12.5. The quantitative estimate of drug-likeness (QED) is 0.828. The van der Waals surface area contributed by atoms with Crippen molar-refractivity contribution in [1.82, 2.24) is 0 Å².